The van der Waals surface area contributed by atoms with E-state index in [-0.39, 0.29) is 22.2 Å². The molecule has 4 aliphatic heterocycles. The maximum Gasteiger partial charge on any atom is 0.258 e. The Morgan fingerprint density at radius 3 is 1.28 bits per heavy atom. The summed E-state index contributed by atoms with van der Waals surface area (Å²) in [5.74, 6) is 1.21. The number of aryl methyl sites for hydroxylation is 4. The van der Waals surface area contributed by atoms with Crippen LogP contribution >= 0.6 is 0 Å². The Kier molecular flexibility index (Phi) is 20.6. The van der Waals surface area contributed by atoms with Crippen molar-refractivity contribution in [1.82, 2.24) is 111 Å². The topological polar surface area (TPSA) is 269 Å². The average molecular weight is 1520 g/mol. The Labute approximate surface area is 656 Å². The lowest BCUT2D eigenvalue weighted by Crippen LogP contribution is -2.34. The summed E-state index contributed by atoms with van der Waals surface area (Å²) in [5, 5.41) is 19.6. The van der Waals surface area contributed by atoms with Crippen LogP contribution in [0, 0.1) is 6.92 Å². The van der Waals surface area contributed by atoms with E-state index in [1.165, 1.54) is 5.57 Å². The average Bonchev–Trinajstić information content (AvgIpc) is 1.25. The van der Waals surface area contributed by atoms with Gasteiger partial charge in [-0.25, -0.2) is 24.9 Å². The molecule has 20 rings (SSSR count). The number of nitrogens with zero attached hydrogens (tertiary/aromatic N) is 22. The second-order valence-corrected chi connectivity index (χ2v) is 30.9. The van der Waals surface area contributed by atoms with Crippen molar-refractivity contribution in [2.24, 2.45) is 21.1 Å². The SMILES string of the molecule is CCN1CCC(c2cn3c(=O)cc(-c4ccc5nn(C)cc5c4)nc3cn2)CC1.CN1CCC(c2cn3c(=O)cc(-c4ccc5nn(C)cc5c4)nc3cn2)CC1.Cc1cn2cc(-c3cc(=O)n4cc(C5=CCN(C(C)C)CC5)ccc4n3)ccc2n1.Cn1cc2cc(-c3cc(=O)n4cc(C5CCNCC5)ncc4n3)ccc2n1. The zero-order valence-corrected chi connectivity index (χ0v) is 65.4. The molecule has 0 aliphatic carbocycles. The number of hydrogen-bond donors (Lipinski definition) is 1. The molecule has 27 heteroatoms. The number of nitrogens with one attached hydrogen (secondary N) is 1. The first-order valence-corrected chi connectivity index (χ1v) is 39.4. The van der Waals surface area contributed by atoms with Crippen molar-refractivity contribution in [2.75, 3.05) is 66.0 Å². The minimum Gasteiger partial charge on any atom is -0.317 e. The Hall–Kier alpha value is -12.4. The van der Waals surface area contributed by atoms with Gasteiger partial charge in [0.2, 0.25) is 0 Å². The molecule has 13 aromatic heterocycles. The van der Waals surface area contributed by atoms with E-state index in [2.05, 4.69) is 105 Å². The maximum absolute atomic E-state index is 12.9. The highest BCUT2D eigenvalue weighted by Crippen LogP contribution is 2.32. The van der Waals surface area contributed by atoms with Gasteiger partial charge in [-0.2, -0.15) is 15.3 Å². The molecule has 578 valence electrons. The first-order chi connectivity index (χ1) is 55.3. The van der Waals surface area contributed by atoms with Crippen LogP contribution in [0.2, 0.25) is 0 Å². The lowest BCUT2D eigenvalue weighted by molar-refractivity contribution is 0.220. The number of likely N-dealkylation sites (tertiary alicyclic amines) is 2. The van der Waals surface area contributed by atoms with Gasteiger partial charge < -0.3 is 19.5 Å². The molecule has 3 fully saturated rings. The quantitative estimate of drug-likeness (QED) is 0.133. The molecule has 0 amide bonds. The molecule has 0 atom stereocenters. The molecule has 4 aliphatic rings. The van der Waals surface area contributed by atoms with Crippen LogP contribution in [0.15, 0.2) is 203 Å². The van der Waals surface area contributed by atoms with Gasteiger partial charge in [-0.1, -0.05) is 31.2 Å². The molecule has 16 aromatic rings. The molecule has 0 saturated carbocycles. The summed E-state index contributed by atoms with van der Waals surface area (Å²) >= 11 is 0. The summed E-state index contributed by atoms with van der Waals surface area (Å²) in [6.07, 6.45) is 32.2. The molecule has 3 aromatic carbocycles. The van der Waals surface area contributed by atoms with E-state index < -0.39 is 0 Å². The molecule has 27 nitrogen and oxygen atoms in total. The lowest BCUT2D eigenvalue weighted by atomic mass is 9.94. The highest BCUT2D eigenvalue weighted by molar-refractivity contribution is 5.86. The van der Waals surface area contributed by atoms with Crippen LogP contribution in [-0.4, -0.2) is 178 Å². The molecule has 114 heavy (non-hydrogen) atoms. The molecule has 0 radical (unpaired) electrons. The fraction of sp³-hybridized carbons (Fsp3) is 0.322. The van der Waals surface area contributed by atoms with Crippen molar-refractivity contribution in [2.45, 2.75) is 96.4 Å². The summed E-state index contributed by atoms with van der Waals surface area (Å²) < 4.78 is 13.8. The summed E-state index contributed by atoms with van der Waals surface area (Å²) in [5.41, 5.74) is 18.3. The molecular weight excluding hydrogens is 1430 g/mol. The van der Waals surface area contributed by atoms with Crippen LogP contribution in [0.4, 0.5) is 0 Å². The molecule has 0 bridgehead atoms. The normalized spacial score (nSPS) is 15.8. The Morgan fingerprint density at radius 2 is 0.833 bits per heavy atom. The van der Waals surface area contributed by atoms with Gasteiger partial charge in [0, 0.05) is 176 Å². The largest absolute Gasteiger partial charge is 0.317 e. The van der Waals surface area contributed by atoms with E-state index in [4.69, 9.17) is 9.97 Å². The number of rotatable bonds is 10. The van der Waals surface area contributed by atoms with Crippen LogP contribution < -0.4 is 27.6 Å². The number of piperidine rings is 3. The minimum absolute atomic E-state index is 0.0704. The van der Waals surface area contributed by atoms with Crippen LogP contribution in [0.5, 0.6) is 0 Å². The van der Waals surface area contributed by atoms with Crippen molar-refractivity contribution in [1.29, 1.82) is 0 Å². The Bertz CT molecular complexity index is 6620. The molecule has 17 heterocycles. The predicted octanol–water partition coefficient (Wildman–Crippen LogP) is 11.2. The van der Waals surface area contributed by atoms with E-state index in [0.717, 1.165) is 193 Å². The summed E-state index contributed by atoms with van der Waals surface area (Å²) in [6, 6.07) is 32.6. The highest BCUT2D eigenvalue weighted by Gasteiger charge is 2.25. The number of hydrogen-bond acceptors (Lipinski definition) is 19. The number of benzene rings is 3. The fourth-order valence-corrected chi connectivity index (χ4v) is 16.2. The zero-order valence-electron chi connectivity index (χ0n) is 65.4. The highest BCUT2D eigenvalue weighted by atomic mass is 16.1. The molecule has 3 saturated heterocycles. The number of fused-ring (bicyclic) bond motifs is 8. The van der Waals surface area contributed by atoms with Gasteiger partial charge in [-0.05, 0) is 190 Å². The van der Waals surface area contributed by atoms with Gasteiger partial charge in [0.05, 0.1) is 80.7 Å². The van der Waals surface area contributed by atoms with E-state index in [0.29, 0.717) is 69.2 Å². The number of imidazole rings is 1. The predicted molar refractivity (Wildman–Crippen MR) is 445 cm³/mol. The third kappa shape index (κ3) is 15.8. The van der Waals surface area contributed by atoms with Gasteiger partial charge in [-0.3, -0.25) is 70.7 Å². The second kappa shape index (κ2) is 31.6. The van der Waals surface area contributed by atoms with E-state index >= 15 is 0 Å². The van der Waals surface area contributed by atoms with E-state index in [9.17, 15) is 19.2 Å². The second-order valence-electron chi connectivity index (χ2n) is 30.9. The third-order valence-electron chi connectivity index (χ3n) is 22.7. The monoisotopic (exact) mass is 1520 g/mol. The first-order valence-electron chi connectivity index (χ1n) is 39.4. The zero-order chi connectivity index (χ0) is 78.4. The molecular formula is C87H91N23O4. The van der Waals surface area contributed by atoms with Crippen LogP contribution in [0.1, 0.15) is 112 Å². The van der Waals surface area contributed by atoms with Crippen molar-refractivity contribution in [3.8, 4) is 45.0 Å². The molecule has 0 spiro atoms. The van der Waals surface area contributed by atoms with E-state index in [1.807, 2.05) is 161 Å². The standard InChI is InChI=1S/C24H25N5O.C22H24N6O.C21H22N6O.C20H20N6O/c1-16(2)27-10-8-18(9-11-27)19-4-7-23-26-21(12-24(30)29(23)15-19)20-5-6-22-25-17(3)13-28(22)14-20;1-3-27-8-6-15(7-9-27)20-14-28-21(12-23-20)24-19(11-22(28)29)16-4-5-18-17(10-16)13-26(2)25-18;1-25-7-5-14(6-8-25)19-13-27-20(11-22-19)23-18(10-21(27)28)15-3-4-17-16(9-15)12-26(2)24-17;1-25-11-15-8-14(2-3-16(15)24-25)17-9-20(27)26-12-18(22-10-19(26)23-17)13-4-6-21-7-5-13/h4-8,12-16H,9-11H2,1-3H3;4-5,10-15H,3,6-9H2,1-2H3;3-4,9-14H,5-8H2,1-2H3;2-3,8-13,21H,4-7H2,1H3. The molecule has 1 N–H and O–H groups in total. The van der Waals surface area contributed by atoms with Gasteiger partial charge >= 0.3 is 0 Å². The number of aromatic nitrogens is 19. The van der Waals surface area contributed by atoms with Crippen LogP contribution in [-0.2, 0) is 21.1 Å². The van der Waals surface area contributed by atoms with Crippen molar-refractivity contribution in [3.63, 3.8) is 0 Å². The van der Waals surface area contributed by atoms with Crippen molar-refractivity contribution in [3.05, 3.63) is 253 Å². The van der Waals surface area contributed by atoms with Crippen molar-refractivity contribution >= 4 is 66.5 Å². The van der Waals surface area contributed by atoms with Crippen LogP contribution in [0.3, 0.4) is 0 Å². The Balaban J connectivity index is 0.000000110. The van der Waals surface area contributed by atoms with Crippen LogP contribution in [0.25, 0.3) is 112 Å². The van der Waals surface area contributed by atoms with Gasteiger partial charge in [0.1, 0.15) is 11.3 Å². The Morgan fingerprint density at radius 1 is 0.421 bits per heavy atom. The number of pyridine rings is 2. The van der Waals surface area contributed by atoms with Gasteiger partial charge in [-0.15, -0.1) is 0 Å². The maximum atomic E-state index is 12.9. The van der Waals surface area contributed by atoms with Gasteiger partial charge in [0.15, 0.2) is 16.9 Å². The summed E-state index contributed by atoms with van der Waals surface area (Å²) in [7, 11) is 7.83. The van der Waals surface area contributed by atoms with E-state index in [1.54, 1.807) is 74.5 Å². The summed E-state index contributed by atoms with van der Waals surface area (Å²) in [4.78, 5) is 95.6. The smallest absolute Gasteiger partial charge is 0.258 e. The lowest BCUT2D eigenvalue weighted by Gasteiger charge is -2.30. The fourth-order valence-electron chi connectivity index (χ4n) is 16.2. The minimum atomic E-state index is -0.0844. The van der Waals surface area contributed by atoms with Crippen molar-refractivity contribution < 1.29 is 0 Å². The molecule has 0 unspecified atom stereocenters. The first kappa shape index (κ1) is 74.3. The summed E-state index contributed by atoms with van der Waals surface area (Å²) in [6.45, 7) is 18.0. The third-order valence-corrected chi connectivity index (χ3v) is 22.7. The van der Waals surface area contributed by atoms with Gasteiger partial charge in [0.25, 0.3) is 22.2 Å².